The summed E-state index contributed by atoms with van der Waals surface area (Å²) >= 11 is 0. The van der Waals surface area contributed by atoms with Gasteiger partial charge in [-0.05, 0) is 31.4 Å². The molecule has 1 aliphatic carbocycles. The Morgan fingerprint density at radius 1 is 1.21 bits per heavy atom. The molecule has 4 nitrogen and oxygen atoms in total. The van der Waals surface area contributed by atoms with Gasteiger partial charge in [0.25, 0.3) is 5.91 Å². The van der Waals surface area contributed by atoms with Crippen molar-refractivity contribution in [1.82, 2.24) is 14.9 Å². The molecule has 128 valence electrons. The van der Waals surface area contributed by atoms with Crippen molar-refractivity contribution in [3.05, 3.63) is 48.5 Å². The maximum atomic E-state index is 12.9. The van der Waals surface area contributed by atoms with E-state index >= 15 is 0 Å². The second-order valence-corrected chi connectivity index (χ2v) is 6.06. The van der Waals surface area contributed by atoms with E-state index < -0.39 is 24.0 Å². The summed E-state index contributed by atoms with van der Waals surface area (Å²) in [6.45, 7) is 0. The summed E-state index contributed by atoms with van der Waals surface area (Å²) in [6, 6.07) is 8.74. The van der Waals surface area contributed by atoms with Gasteiger partial charge in [-0.15, -0.1) is 0 Å². The molecule has 0 bridgehead atoms. The Labute approximate surface area is 137 Å². The monoisotopic (exact) mass is 337 g/mol. The van der Waals surface area contributed by atoms with Crippen molar-refractivity contribution in [2.24, 2.45) is 5.92 Å². The van der Waals surface area contributed by atoms with E-state index in [9.17, 15) is 18.0 Å². The molecule has 1 aromatic carbocycles. The first-order valence-electron chi connectivity index (χ1n) is 7.90. The molecule has 7 heteroatoms. The van der Waals surface area contributed by atoms with Crippen molar-refractivity contribution >= 4 is 5.91 Å². The number of carbonyl (C=O) groups excluding carboxylic acids is 1. The smallest absolute Gasteiger partial charge is 0.348 e. The zero-order valence-corrected chi connectivity index (χ0v) is 13.0. The van der Waals surface area contributed by atoms with Gasteiger partial charge in [0, 0.05) is 11.7 Å². The second kappa shape index (κ2) is 6.67. The summed E-state index contributed by atoms with van der Waals surface area (Å²) in [5, 5.41) is 2.73. The topological polar surface area (TPSA) is 46.9 Å². The van der Waals surface area contributed by atoms with Crippen LogP contribution in [0.25, 0.3) is 5.69 Å². The van der Waals surface area contributed by atoms with Crippen molar-refractivity contribution in [3.8, 4) is 5.69 Å². The van der Waals surface area contributed by atoms with Gasteiger partial charge in [0.05, 0.1) is 18.4 Å². The van der Waals surface area contributed by atoms with E-state index in [1.165, 1.54) is 12.5 Å². The van der Waals surface area contributed by atoms with E-state index in [4.69, 9.17) is 0 Å². The third-order valence-electron chi connectivity index (χ3n) is 4.38. The van der Waals surface area contributed by atoms with Crippen LogP contribution in [0.15, 0.2) is 42.9 Å². The molecule has 2 atom stereocenters. The normalized spacial score (nSPS) is 21.5. The highest BCUT2D eigenvalue weighted by Crippen LogP contribution is 2.37. The highest BCUT2D eigenvalue weighted by Gasteiger charge is 2.42. The molecule has 2 aromatic rings. The average molecular weight is 337 g/mol. The fourth-order valence-corrected chi connectivity index (χ4v) is 3.13. The van der Waals surface area contributed by atoms with Gasteiger partial charge in [-0.1, -0.05) is 24.6 Å². The second-order valence-electron chi connectivity index (χ2n) is 6.06. The summed E-state index contributed by atoms with van der Waals surface area (Å²) in [4.78, 5) is 16.5. The standard InChI is InChI=1S/C17H18F3N3O/c18-17(19,20)12-5-4-6-13(9-12)22-16(24)15-10-21-11-23(15)14-7-2-1-3-8-14/h1-3,7-8,10-13H,4-6,9H2,(H,22,24). The van der Waals surface area contributed by atoms with Crippen LogP contribution in [0.1, 0.15) is 36.2 Å². The first kappa shape index (κ1) is 16.5. The van der Waals surface area contributed by atoms with Crippen LogP contribution in [0, 0.1) is 5.92 Å². The number of benzene rings is 1. The SMILES string of the molecule is O=C(NC1CCCC(C(F)(F)F)C1)c1cncn1-c1ccccc1. The van der Waals surface area contributed by atoms with Gasteiger partial charge < -0.3 is 5.32 Å². The first-order valence-corrected chi connectivity index (χ1v) is 7.90. The number of hydrogen-bond acceptors (Lipinski definition) is 2. The lowest BCUT2D eigenvalue weighted by Gasteiger charge is -2.31. The number of alkyl halides is 3. The Kier molecular flexibility index (Phi) is 4.59. The first-order chi connectivity index (χ1) is 11.4. The molecule has 1 aliphatic rings. The maximum absolute atomic E-state index is 12.9. The number of halogens is 3. The van der Waals surface area contributed by atoms with Gasteiger partial charge in [0.2, 0.25) is 0 Å². The predicted octanol–water partition coefficient (Wildman–Crippen LogP) is 3.72. The minimum absolute atomic E-state index is 0.0608. The van der Waals surface area contributed by atoms with E-state index in [0.717, 1.165) is 5.69 Å². The van der Waals surface area contributed by atoms with E-state index in [1.807, 2.05) is 30.3 Å². The molecule has 0 aliphatic heterocycles. The minimum atomic E-state index is -4.20. The molecule has 0 saturated heterocycles. The molecule has 0 spiro atoms. The molecule has 1 heterocycles. The molecule has 0 radical (unpaired) electrons. The number of nitrogens with zero attached hydrogens (tertiary/aromatic N) is 2. The number of imidazole rings is 1. The number of para-hydroxylation sites is 1. The quantitative estimate of drug-likeness (QED) is 0.928. The summed E-state index contributed by atoms with van der Waals surface area (Å²) in [7, 11) is 0. The predicted molar refractivity (Wildman–Crippen MR) is 82.8 cm³/mol. The average Bonchev–Trinajstić information content (AvgIpc) is 3.05. The van der Waals surface area contributed by atoms with Crippen LogP contribution in [-0.2, 0) is 0 Å². The number of rotatable bonds is 3. The van der Waals surface area contributed by atoms with Crippen LogP contribution >= 0.6 is 0 Å². The Balaban J connectivity index is 1.71. The molecular weight excluding hydrogens is 319 g/mol. The Morgan fingerprint density at radius 2 is 1.96 bits per heavy atom. The van der Waals surface area contributed by atoms with Crippen LogP contribution in [0.4, 0.5) is 13.2 Å². The van der Waals surface area contributed by atoms with Gasteiger partial charge in [-0.25, -0.2) is 4.98 Å². The molecule has 1 fully saturated rings. The lowest BCUT2D eigenvalue weighted by Crippen LogP contribution is -2.42. The van der Waals surface area contributed by atoms with Crippen molar-refractivity contribution in [3.63, 3.8) is 0 Å². The van der Waals surface area contributed by atoms with Gasteiger partial charge in [-0.2, -0.15) is 13.2 Å². The van der Waals surface area contributed by atoms with Crippen molar-refractivity contribution < 1.29 is 18.0 Å². The van der Waals surface area contributed by atoms with Gasteiger partial charge in [-0.3, -0.25) is 9.36 Å². The Hall–Kier alpha value is -2.31. The van der Waals surface area contributed by atoms with Crippen LogP contribution in [-0.4, -0.2) is 27.7 Å². The fraction of sp³-hybridized carbons (Fsp3) is 0.412. The van der Waals surface area contributed by atoms with E-state index in [0.29, 0.717) is 18.5 Å². The molecular formula is C17H18F3N3O. The third kappa shape index (κ3) is 3.60. The van der Waals surface area contributed by atoms with E-state index in [-0.39, 0.29) is 12.8 Å². The maximum Gasteiger partial charge on any atom is 0.391 e. The van der Waals surface area contributed by atoms with Crippen LogP contribution in [0.2, 0.25) is 0 Å². The molecule has 24 heavy (non-hydrogen) atoms. The minimum Gasteiger partial charge on any atom is -0.348 e. The third-order valence-corrected chi connectivity index (χ3v) is 4.38. The number of aromatic nitrogens is 2. The summed E-state index contributed by atoms with van der Waals surface area (Å²) in [5.74, 6) is -1.74. The number of hydrogen-bond donors (Lipinski definition) is 1. The number of nitrogens with one attached hydrogen (secondary N) is 1. The highest BCUT2D eigenvalue weighted by molar-refractivity contribution is 5.93. The lowest BCUT2D eigenvalue weighted by atomic mass is 9.85. The summed E-state index contributed by atoms with van der Waals surface area (Å²) < 4.78 is 40.3. The van der Waals surface area contributed by atoms with Crippen molar-refractivity contribution in [1.29, 1.82) is 0 Å². The van der Waals surface area contributed by atoms with Gasteiger partial charge in [0.1, 0.15) is 5.69 Å². The molecule has 1 saturated carbocycles. The summed E-state index contributed by atoms with van der Waals surface area (Å²) in [5.41, 5.74) is 1.09. The summed E-state index contributed by atoms with van der Waals surface area (Å²) in [6.07, 6.45) is -0.150. The van der Waals surface area contributed by atoms with E-state index in [2.05, 4.69) is 10.3 Å². The molecule has 1 N–H and O–H groups in total. The lowest BCUT2D eigenvalue weighted by molar-refractivity contribution is -0.183. The van der Waals surface area contributed by atoms with Gasteiger partial charge in [0.15, 0.2) is 0 Å². The number of amides is 1. The van der Waals surface area contributed by atoms with E-state index in [1.54, 1.807) is 4.57 Å². The zero-order valence-electron chi connectivity index (χ0n) is 13.0. The van der Waals surface area contributed by atoms with Crippen LogP contribution in [0.5, 0.6) is 0 Å². The zero-order chi connectivity index (χ0) is 17.2. The largest absolute Gasteiger partial charge is 0.391 e. The molecule has 3 rings (SSSR count). The van der Waals surface area contributed by atoms with Crippen LogP contribution in [0.3, 0.4) is 0 Å². The number of carbonyl (C=O) groups is 1. The molecule has 2 unspecified atom stereocenters. The van der Waals surface area contributed by atoms with Crippen molar-refractivity contribution in [2.75, 3.05) is 0 Å². The van der Waals surface area contributed by atoms with Gasteiger partial charge >= 0.3 is 6.18 Å². The highest BCUT2D eigenvalue weighted by atomic mass is 19.4. The van der Waals surface area contributed by atoms with Crippen LogP contribution < -0.4 is 5.32 Å². The Bertz CT molecular complexity index is 697. The van der Waals surface area contributed by atoms with Crippen molar-refractivity contribution in [2.45, 2.75) is 37.9 Å². The molecule has 1 amide bonds. The molecule has 1 aromatic heterocycles. The Morgan fingerprint density at radius 3 is 2.67 bits per heavy atom. The fourth-order valence-electron chi connectivity index (χ4n) is 3.13.